The molecular weight excluding hydrogens is 178 g/mol. The molecule has 0 bridgehead atoms. The zero-order valence-corrected chi connectivity index (χ0v) is 8.70. The number of hydrogen-bond donors (Lipinski definition) is 2. The summed E-state index contributed by atoms with van der Waals surface area (Å²) in [6.45, 7) is 0. The minimum atomic E-state index is 0.270. The average molecular weight is 197 g/mol. The summed E-state index contributed by atoms with van der Waals surface area (Å²) in [5, 5.41) is 3.20. The van der Waals surface area contributed by atoms with E-state index in [-0.39, 0.29) is 12.1 Å². The topological polar surface area (TPSA) is 59.6 Å². The summed E-state index contributed by atoms with van der Waals surface area (Å²) in [6.07, 6.45) is 6.15. The number of guanidine groups is 1. The summed E-state index contributed by atoms with van der Waals surface area (Å²) in [6, 6.07) is 0.854. The van der Waals surface area contributed by atoms with E-state index in [1.165, 1.54) is 19.3 Å². The van der Waals surface area contributed by atoms with Crippen molar-refractivity contribution in [3.8, 4) is 0 Å². The van der Waals surface area contributed by atoms with Crippen LogP contribution in [0.3, 0.4) is 0 Å². The van der Waals surface area contributed by atoms with Gasteiger partial charge in [-0.15, -0.1) is 0 Å². The maximum atomic E-state index is 5.79. The molecule has 2 saturated carbocycles. The van der Waals surface area contributed by atoms with Crippen molar-refractivity contribution in [3.05, 3.63) is 0 Å². The first-order chi connectivity index (χ1) is 6.79. The molecule has 0 spiro atoms. The molecule has 0 aromatic rings. The minimum absolute atomic E-state index is 0.270. The van der Waals surface area contributed by atoms with Gasteiger partial charge in [0, 0.05) is 13.2 Å². The number of methoxy groups -OCH3 is 1. The van der Waals surface area contributed by atoms with E-state index in [0.29, 0.717) is 12.0 Å². The molecule has 0 aromatic heterocycles. The molecule has 3 N–H and O–H groups in total. The van der Waals surface area contributed by atoms with Crippen molar-refractivity contribution >= 4 is 5.96 Å². The molecule has 2 rings (SSSR count). The van der Waals surface area contributed by atoms with Gasteiger partial charge in [0.15, 0.2) is 5.96 Å². The van der Waals surface area contributed by atoms with Crippen LogP contribution in [0.5, 0.6) is 0 Å². The van der Waals surface area contributed by atoms with E-state index in [1.807, 2.05) is 0 Å². The van der Waals surface area contributed by atoms with Crippen molar-refractivity contribution in [2.24, 2.45) is 10.7 Å². The van der Waals surface area contributed by atoms with Crippen molar-refractivity contribution in [2.45, 2.75) is 50.3 Å². The monoisotopic (exact) mass is 197 g/mol. The highest BCUT2D eigenvalue weighted by atomic mass is 16.5. The predicted molar refractivity (Wildman–Crippen MR) is 56.2 cm³/mol. The van der Waals surface area contributed by atoms with Crippen LogP contribution in [0.15, 0.2) is 4.99 Å². The smallest absolute Gasteiger partial charge is 0.189 e. The molecule has 2 aliphatic carbocycles. The van der Waals surface area contributed by atoms with Crippen LogP contribution in [0, 0.1) is 0 Å². The van der Waals surface area contributed by atoms with Crippen LogP contribution < -0.4 is 11.1 Å². The van der Waals surface area contributed by atoms with E-state index in [2.05, 4.69) is 10.3 Å². The molecule has 0 amide bonds. The quantitative estimate of drug-likeness (QED) is 0.515. The Morgan fingerprint density at radius 1 is 1.36 bits per heavy atom. The van der Waals surface area contributed by atoms with Gasteiger partial charge >= 0.3 is 0 Å². The first-order valence-electron chi connectivity index (χ1n) is 5.42. The van der Waals surface area contributed by atoms with Gasteiger partial charge < -0.3 is 15.8 Å². The largest absolute Gasteiger partial charge is 0.379 e. The van der Waals surface area contributed by atoms with Gasteiger partial charge in [-0.1, -0.05) is 0 Å². The maximum absolute atomic E-state index is 5.79. The van der Waals surface area contributed by atoms with Gasteiger partial charge in [-0.2, -0.15) is 0 Å². The van der Waals surface area contributed by atoms with Gasteiger partial charge in [0.1, 0.15) is 0 Å². The average Bonchev–Trinajstić information content (AvgIpc) is 2.84. The molecule has 4 heteroatoms. The number of rotatable bonds is 3. The van der Waals surface area contributed by atoms with E-state index in [4.69, 9.17) is 10.5 Å². The molecular formula is C10H19N3O. The fourth-order valence-electron chi connectivity index (χ4n) is 1.98. The molecule has 0 aliphatic heterocycles. The van der Waals surface area contributed by atoms with Gasteiger partial charge in [-0.05, 0) is 32.1 Å². The lowest BCUT2D eigenvalue weighted by Crippen LogP contribution is -2.36. The Balaban J connectivity index is 1.86. The fraction of sp³-hybridized carbons (Fsp3) is 0.900. The third kappa shape index (κ3) is 2.38. The number of nitrogens with zero attached hydrogens (tertiary/aromatic N) is 1. The van der Waals surface area contributed by atoms with E-state index in [9.17, 15) is 0 Å². The number of nitrogens with two attached hydrogens (primary N) is 1. The normalized spacial score (nSPS) is 33.4. The van der Waals surface area contributed by atoms with E-state index >= 15 is 0 Å². The summed E-state index contributed by atoms with van der Waals surface area (Å²) in [7, 11) is 1.75. The highest BCUT2D eigenvalue weighted by molar-refractivity contribution is 5.78. The second-order valence-corrected chi connectivity index (χ2v) is 4.21. The summed E-state index contributed by atoms with van der Waals surface area (Å²) in [4.78, 5) is 4.47. The second kappa shape index (κ2) is 4.17. The van der Waals surface area contributed by atoms with Crippen LogP contribution in [-0.4, -0.2) is 31.3 Å². The lowest BCUT2D eigenvalue weighted by molar-refractivity contribution is 0.0965. The molecule has 0 heterocycles. The number of nitrogens with one attached hydrogen (secondary N) is 1. The zero-order chi connectivity index (χ0) is 9.97. The Morgan fingerprint density at radius 3 is 2.79 bits per heavy atom. The van der Waals surface area contributed by atoms with E-state index < -0.39 is 0 Å². The van der Waals surface area contributed by atoms with Crippen molar-refractivity contribution in [2.75, 3.05) is 7.11 Å². The Morgan fingerprint density at radius 2 is 2.14 bits per heavy atom. The molecule has 2 atom stereocenters. The molecule has 2 fully saturated rings. The van der Waals surface area contributed by atoms with Crippen LogP contribution in [-0.2, 0) is 4.74 Å². The Labute approximate surface area is 84.9 Å². The van der Waals surface area contributed by atoms with Crippen LogP contribution in [0.25, 0.3) is 0 Å². The van der Waals surface area contributed by atoms with Crippen LogP contribution >= 0.6 is 0 Å². The number of hydrogen-bond acceptors (Lipinski definition) is 2. The van der Waals surface area contributed by atoms with Crippen molar-refractivity contribution in [1.29, 1.82) is 0 Å². The van der Waals surface area contributed by atoms with Gasteiger partial charge in [0.05, 0.1) is 12.1 Å². The summed E-state index contributed by atoms with van der Waals surface area (Å²) >= 11 is 0. The third-order valence-corrected chi connectivity index (χ3v) is 2.95. The standard InChI is InChI=1S/C10H19N3O/c1-14-9-4-2-3-8(9)13-10(11)12-7-5-6-7/h7-9H,2-6H2,1H3,(H3,11,12,13). The predicted octanol–water partition coefficient (Wildman–Crippen LogP) is 0.621. The first-order valence-corrected chi connectivity index (χ1v) is 5.42. The Hall–Kier alpha value is -0.770. The number of ether oxygens (including phenoxy) is 1. The summed E-state index contributed by atoms with van der Waals surface area (Å²) < 4.78 is 5.35. The molecule has 2 aliphatic rings. The highest BCUT2D eigenvalue weighted by Gasteiger charge is 2.28. The third-order valence-electron chi connectivity index (χ3n) is 2.95. The van der Waals surface area contributed by atoms with Crippen molar-refractivity contribution < 1.29 is 4.74 Å². The van der Waals surface area contributed by atoms with Crippen molar-refractivity contribution in [3.63, 3.8) is 0 Å². The highest BCUT2D eigenvalue weighted by Crippen LogP contribution is 2.24. The van der Waals surface area contributed by atoms with E-state index in [0.717, 1.165) is 12.8 Å². The summed E-state index contributed by atoms with van der Waals surface area (Å²) in [5.74, 6) is 0.599. The van der Waals surface area contributed by atoms with Gasteiger partial charge in [0.25, 0.3) is 0 Å². The molecule has 4 nitrogen and oxygen atoms in total. The number of aliphatic imine (C=N–C) groups is 1. The van der Waals surface area contributed by atoms with Gasteiger partial charge in [-0.25, -0.2) is 4.99 Å². The van der Waals surface area contributed by atoms with Crippen LogP contribution in [0.2, 0.25) is 0 Å². The summed E-state index contributed by atoms with van der Waals surface area (Å²) in [5.41, 5.74) is 5.79. The molecule has 0 aromatic carbocycles. The van der Waals surface area contributed by atoms with Crippen LogP contribution in [0.1, 0.15) is 32.1 Å². The second-order valence-electron chi connectivity index (χ2n) is 4.21. The minimum Gasteiger partial charge on any atom is -0.379 e. The lowest BCUT2D eigenvalue weighted by atomic mass is 10.2. The maximum Gasteiger partial charge on any atom is 0.189 e. The van der Waals surface area contributed by atoms with Crippen LogP contribution in [0.4, 0.5) is 0 Å². The van der Waals surface area contributed by atoms with Crippen molar-refractivity contribution in [1.82, 2.24) is 5.32 Å². The Kier molecular flexibility index (Phi) is 2.91. The Bertz CT molecular complexity index is 225. The molecule has 0 radical (unpaired) electrons. The van der Waals surface area contributed by atoms with Gasteiger partial charge in [0.2, 0.25) is 0 Å². The first kappa shape index (κ1) is 9.77. The SMILES string of the molecule is COC1CCCC1N=C(N)NC1CC1. The molecule has 14 heavy (non-hydrogen) atoms. The molecule has 0 saturated heterocycles. The lowest BCUT2D eigenvalue weighted by Gasteiger charge is -2.15. The van der Waals surface area contributed by atoms with Gasteiger partial charge in [-0.3, -0.25) is 0 Å². The molecule has 2 unspecified atom stereocenters. The van der Waals surface area contributed by atoms with E-state index in [1.54, 1.807) is 7.11 Å². The molecule has 80 valence electrons. The fourth-order valence-corrected chi connectivity index (χ4v) is 1.98. The zero-order valence-electron chi connectivity index (χ0n) is 8.70.